The van der Waals surface area contributed by atoms with Gasteiger partial charge in [0.1, 0.15) is 17.3 Å². The van der Waals surface area contributed by atoms with Crippen LogP contribution in [0.3, 0.4) is 0 Å². The molecule has 0 aliphatic carbocycles. The highest BCUT2D eigenvalue weighted by Gasteiger charge is 2.25. The fourth-order valence-corrected chi connectivity index (χ4v) is 1.69. The van der Waals surface area contributed by atoms with Crippen molar-refractivity contribution in [2.24, 2.45) is 0 Å². The van der Waals surface area contributed by atoms with Gasteiger partial charge in [0, 0.05) is 13.1 Å². The number of amides is 2. The zero-order chi connectivity index (χ0) is 13.8. The van der Waals surface area contributed by atoms with Crippen molar-refractivity contribution in [3.05, 3.63) is 29.8 Å². The van der Waals surface area contributed by atoms with Crippen LogP contribution in [-0.4, -0.2) is 43.0 Å². The fraction of sp³-hybridized carbons (Fsp3) is 0.333. The van der Waals surface area contributed by atoms with E-state index in [2.05, 4.69) is 0 Å². The Bertz CT molecular complexity index is 481. The summed E-state index contributed by atoms with van der Waals surface area (Å²) in [5, 5.41) is 1.95. The number of halogens is 2. The zero-order valence-corrected chi connectivity index (χ0v) is 9.99. The standard InChI is InChI=1S/C12H12F2N2O3/c13-8-2-1-3-9(14)10(8)15-11(17)12(18)16-4-6-19-7-5-16/h1-3H,4-7H2,(H,15,17). The Morgan fingerprint density at radius 3 is 2.32 bits per heavy atom. The Hall–Kier alpha value is -2.02. The molecule has 19 heavy (non-hydrogen) atoms. The first-order valence-electron chi connectivity index (χ1n) is 5.71. The molecule has 1 aliphatic rings. The maximum absolute atomic E-state index is 13.3. The van der Waals surface area contributed by atoms with Crippen LogP contribution >= 0.6 is 0 Å². The molecule has 1 saturated heterocycles. The lowest BCUT2D eigenvalue weighted by Gasteiger charge is -2.26. The molecule has 0 saturated carbocycles. The van der Waals surface area contributed by atoms with Crippen LogP contribution in [0.15, 0.2) is 18.2 Å². The number of rotatable bonds is 1. The Labute approximate surface area is 108 Å². The van der Waals surface area contributed by atoms with Crippen LogP contribution in [0.4, 0.5) is 14.5 Å². The van der Waals surface area contributed by atoms with Crippen molar-refractivity contribution in [2.45, 2.75) is 0 Å². The molecule has 1 fully saturated rings. The number of ether oxygens (including phenoxy) is 1. The van der Waals surface area contributed by atoms with Crippen LogP contribution in [0.25, 0.3) is 0 Å². The minimum atomic E-state index is -1.06. The summed E-state index contributed by atoms with van der Waals surface area (Å²) in [5.41, 5.74) is -0.617. The third-order valence-electron chi connectivity index (χ3n) is 2.69. The van der Waals surface area contributed by atoms with Gasteiger partial charge in [0.05, 0.1) is 13.2 Å². The maximum Gasteiger partial charge on any atom is 0.314 e. The summed E-state index contributed by atoms with van der Waals surface area (Å²) in [6.45, 7) is 1.25. The number of anilines is 1. The summed E-state index contributed by atoms with van der Waals surface area (Å²) in [6, 6.07) is 3.17. The monoisotopic (exact) mass is 270 g/mol. The predicted octanol–water partition coefficient (Wildman–Crippen LogP) is 0.762. The number of benzene rings is 1. The smallest absolute Gasteiger partial charge is 0.314 e. The van der Waals surface area contributed by atoms with Crippen molar-refractivity contribution in [1.29, 1.82) is 0 Å². The largest absolute Gasteiger partial charge is 0.378 e. The van der Waals surface area contributed by atoms with Crippen LogP contribution in [0.5, 0.6) is 0 Å². The molecule has 5 nitrogen and oxygen atoms in total. The van der Waals surface area contributed by atoms with E-state index in [9.17, 15) is 18.4 Å². The normalized spacial score (nSPS) is 15.2. The van der Waals surface area contributed by atoms with Gasteiger partial charge < -0.3 is 15.0 Å². The Kier molecular flexibility index (Phi) is 4.06. The highest BCUT2D eigenvalue weighted by Crippen LogP contribution is 2.18. The molecule has 2 amide bonds. The first kappa shape index (κ1) is 13.4. The van der Waals surface area contributed by atoms with E-state index in [1.54, 1.807) is 0 Å². The fourth-order valence-electron chi connectivity index (χ4n) is 1.69. The molecule has 0 unspecified atom stereocenters. The lowest BCUT2D eigenvalue weighted by atomic mass is 10.3. The summed E-state index contributed by atoms with van der Waals surface area (Å²) >= 11 is 0. The van der Waals surface area contributed by atoms with Gasteiger partial charge in [-0.05, 0) is 12.1 Å². The van der Waals surface area contributed by atoms with E-state index in [1.165, 1.54) is 11.0 Å². The second kappa shape index (κ2) is 5.75. The van der Waals surface area contributed by atoms with Gasteiger partial charge in [-0.15, -0.1) is 0 Å². The molecule has 102 valence electrons. The van der Waals surface area contributed by atoms with Crippen molar-refractivity contribution in [3.8, 4) is 0 Å². The molecule has 0 radical (unpaired) electrons. The summed E-state index contributed by atoms with van der Waals surface area (Å²) in [6.07, 6.45) is 0. The molecular formula is C12H12F2N2O3. The van der Waals surface area contributed by atoms with Gasteiger partial charge in [0.25, 0.3) is 0 Å². The highest BCUT2D eigenvalue weighted by molar-refractivity contribution is 6.39. The van der Waals surface area contributed by atoms with E-state index < -0.39 is 29.1 Å². The van der Waals surface area contributed by atoms with Crippen LogP contribution < -0.4 is 5.32 Å². The minimum absolute atomic E-state index is 0.284. The molecular weight excluding hydrogens is 258 g/mol. The van der Waals surface area contributed by atoms with Crippen LogP contribution in [0, 0.1) is 11.6 Å². The molecule has 1 aromatic rings. The number of nitrogens with one attached hydrogen (secondary N) is 1. The summed E-state index contributed by atoms with van der Waals surface area (Å²) in [4.78, 5) is 24.7. The highest BCUT2D eigenvalue weighted by atomic mass is 19.1. The average molecular weight is 270 g/mol. The molecule has 0 spiro atoms. The number of hydrogen-bond donors (Lipinski definition) is 1. The van der Waals surface area contributed by atoms with E-state index in [-0.39, 0.29) is 13.1 Å². The number of carbonyl (C=O) groups excluding carboxylic acids is 2. The van der Waals surface area contributed by atoms with Crippen LogP contribution in [-0.2, 0) is 14.3 Å². The minimum Gasteiger partial charge on any atom is -0.378 e. The molecule has 1 aliphatic heterocycles. The lowest BCUT2D eigenvalue weighted by molar-refractivity contribution is -0.145. The van der Waals surface area contributed by atoms with Gasteiger partial charge in [0.15, 0.2) is 0 Å². The molecule has 1 heterocycles. The van der Waals surface area contributed by atoms with Crippen molar-refractivity contribution < 1.29 is 23.1 Å². The Morgan fingerprint density at radius 2 is 1.74 bits per heavy atom. The van der Waals surface area contributed by atoms with E-state index in [0.717, 1.165) is 12.1 Å². The number of carbonyl (C=O) groups is 2. The number of nitrogens with zero attached hydrogens (tertiary/aromatic N) is 1. The van der Waals surface area contributed by atoms with Crippen molar-refractivity contribution in [2.75, 3.05) is 31.6 Å². The summed E-state index contributed by atoms with van der Waals surface area (Å²) in [7, 11) is 0. The van der Waals surface area contributed by atoms with Gasteiger partial charge >= 0.3 is 11.8 Å². The van der Waals surface area contributed by atoms with Gasteiger partial charge in [-0.25, -0.2) is 8.78 Å². The molecule has 2 rings (SSSR count). The Balaban J connectivity index is 2.06. The predicted molar refractivity (Wildman–Crippen MR) is 62.4 cm³/mol. The molecule has 0 aromatic heterocycles. The first-order valence-corrected chi connectivity index (χ1v) is 5.71. The number of para-hydroxylation sites is 1. The SMILES string of the molecule is O=C(Nc1c(F)cccc1F)C(=O)N1CCOCC1. The average Bonchev–Trinajstić information content (AvgIpc) is 2.43. The van der Waals surface area contributed by atoms with Crippen molar-refractivity contribution in [1.82, 2.24) is 4.90 Å². The van der Waals surface area contributed by atoms with E-state index in [1.807, 2.05) is 5.32 Å². The summed E-state index contributed by atoms with van der Waals surface area (Å²) in [5.74, 6) is -3.75. The first-order chi connectivity index (χ1) is 9.09. The topological polar surface area (TPSA) is 58.6 Å². The summed E-state index contributed by atoms with van der Waals surface area (Å²) < 4.78 is 31.7. The van der Waals surface area contributed by atoms with Crippen molar-refractivity contribution in [3.63, 3.8) is 0 Å². The van der Waals surface area contributed by atoms with E-state index >= 15 is 0 Å². The van der Waals surface area contributed by atoms with Crippen molar-refractivity contribution >= 4 is 17.5 Å². The second-order valence-corrected chi connectivity index (χ2v) is 3.96. The molecule has 1 aromatic carbocycles. The third kappa shape index (κ3) is 3.05. The van der Waals surface area contributed by atoms with Crippen LogP contribution in [0.1, 0.15) is 0 Å². The number of hydrogen-bond acceptors (Lipinski definition) is 3. The van der Waals surface area contributed by atoms with Gasteiger partial charge in [-0.2, -0.15) is 0 Å². The molecule has 0 atom stereocenters. The van der Waals surface area contributed by atoms with E-state index in [0.29, 0.717) is 13.2 Å². The second-order valence-electron chi connectivity index (χ2n) is 3.96. The number of morpholine rings is 1. The quantitative estimate of drug-likeness (QED) is 0.767. The van der Waals surface area contributed by atoms with E-state index in [4.69, 9.17) is 4.74 Å². The Morgan fingerprint density at radius 1 is 1.16 bits per heavy atom. The van der Waals surface area contributed by atoms with Gasteiger partial charge in [-0.1, -0.05) is 6.07 Å². The third-order valence-corrected chi connectivity index (χ3v) is 2.69. The maximum atomic E-state index is 13.3. The molecule has 7 heteroatoms. The molecule has 1 N–H and O–H groups in total. The lowest BCUT2D eigenvalue weighted by Crippen LogP contribution is -2.46. The van der Waals surface area contributed by atoms with Gasteiger partial charge in [0.2, 0.25) is 0 Å². The zero-order valence-electron chi connectivity index (χ0n) is 9.99. The molecule has 0 bridgehead atoms. The van der Waals surface area contributed by atoms with Crippen LogP contribution in [0.2, 0.25) is 0 Å². The van der Waals surface area contributed by atoms with Gasteiger partial charge in [-0.3, -0.25) is 9.59 Å².